The summed E-state index contributed by atoms with van der Waals surface area (Å²) in [6.45, 7) is 1.88. The van der Waals surface area contributed by atoms with Gasteiger partial charge in [0, 0.05) is 11.6 Å². The van der Waals surface area contributed by atoms with Crippen molar-refractivity contribution in [1.82, 2.24) is 9.97 Å². The number of thiazole rings is 1. The monoisotopic (exact) mass is 234 g/mol. The Bertz CT molecular complexity index is 483. The molecule has 0 bridgehead atoms. The molecule has 0 spiro atoms. The lowest BCUT2D eigenvalue weighted by atomic mass is 10.5. The van der Waals surface area contributed by atoms with Crippen molar-refractivity contribution >= 4 is 29.0 Å². The molecule has 2 aromatic heterocycles. The highest BCUT2D eigenvalue weighted by molar-refractivity contribution is 7.09. The minimum atomic E-state index is -0.344. The molecular weight excluding hydrogens is 224 g/mol. The zero-order valence-electron chi connectivity index (χ0n) is 8.60. The van der Waals surface area contributed by atoms with E-state index in [2.05, 4.69) is 20.6 Å². The van der Waals surface area contributed by atoms with Gasteiger partial charge in [0.1, 0.15) is 11.6 Å². The minimum Gasteiger partial charge on any atom is -0.292 e. The summed E-state index contributed by atoms with van der Waals surface area (Å²) < 4.78 is 0. The number of nitrogens with zero attached hydrogens (tertiary/aromatic N) is 2. The number of pyridine rings is 1. The van der Waals surface area contributed by atoms with E-state index < -0.39 is 0 Å². The maximum absolute atomic E-state index is 11.5. The van der Waals surface area contributed by atoms with E-state index in [1.54, 1.807) is 29.8 Å². The third-order valence-corrected chi connectivity index (χ3v) is 2.54. The minimum absolute atomic E-state index is 0.344. The fourth-order valence-corrected chi connectivity index (χ4v) is 1.67. The van der Waals surface area contributed by atoms with Crippen LogP contribution in [0.5, 0.6) is 0 Å². The highest BCUT2D eigenvalue weighted by Crippen LogP contribution is 2.12. The average molecular weight is 234 g/mol. The number of urea groups is 1. The molecule has 0 saturated carbocycles. The number of anilines is 2. The van der Waals surface area contributed by atoms with Gasteiger partial charge in [-0.15, -0.1) is 11.3 Å². The first-order chi connectivity index (χ1) is 7.74. The molecule has 0 aliphatic rings. The number of aryl methyl sites for hydroxylation is 1. The van der Waals surface area contributed by atoms with E-state index >= 15 is 0 Å². The van der Waals surface area contributed by atoms with Crippen LogP contribution in [0.1, 0.15) is 5.01 Å². The Labute approximate surface area is 96.6 Å². The summed E-state index contributed by atoms with van der Waals surface area (Å²) in [4.78, 5) is 19.6. The normalized spacial score (nSPS) is 9.81. The van der Waals surface area contributed by atoms with E-state index in [1.165, 1.54) is 11.3 Å². The van der Waals surface area contributed by atoms with Crippen molar-refractivity contribution in [3.05, 3.63) is 34.8 Å². The van der Waals surface area contributed by atoms with E-state index in [1.807, 2.05) is 6.92 Å². The van der Waals surface area contributed by atoms with Crippen LogP contribution in [0.4, 0.5) is 16.4 Å². The lowest BCUT2D eigenvalue weighted by Gasteiger charge is -2.03. The smallest absolute Gasteiger partial charge is 0.292 e. The second kappa shape index (κ2) is 4.71. The van der Waals surface area contributed by atoms with E-state index in [9.17, 15) is 4.79 Å². The number of hydrogen-bond acceptors (Lipinski definition) is 4. The molecule has 0 aliphatic heterocycles. The quantitative estimate of drug-likeness (QED) is 0.838. The number of carbonyl (C=O) groups excluding carboxylic acids is 1. The van der Waals surface area contributed by atoms with Crippen LogP contribution in [0.15, 0.2) is 29.8 Å². The summed E-state index contributed by atoms with van der Waals surface area (Å²) in [7, 11) is 0. The Morgan fingerprint density at radius 2 is 2.12 bits per heavy atom. The van der Waals surface area contributed by atoms with Gasteiger partial charge in [0.25, 0.3) is 0 Å². The lowest BCUT2D eigenvalue weighted by molar-refractivity contribution is 0.262. The van der Waals surface area contributed by atoms with Crippen molar-refractivity contribution in [2.45, 2.75) is 6.92 Å². The largest absolute Gasteiger partial charge is 0.326 e. The van der Waals surface area contributed by atoms with Gasteiger partial charge in [0.05, 0.1) is 5.01 Å². The molecule has 2 amide bonds. The second-order valence-corrected chi connectivity index (χ2v) is 4.11. The maximum Gasteiger partial charge on any atom is 0.326 e. The number of nitrogens with one attached hydrogen (secondary N) is 2. The van der Waals surface area contributed by atoms with Crippen molar-refractivity contribution in [2.24, 2.45) is 0 Å². The first-order valence-corrected chi connectivity index (χ1v) is 5.53. The van der Waals surface area contributed by atoms with Crippen LogP contribution < -0.4 is 10.6 Å². The molecule has 82 valence electrons. The summed E-state index contributed by atoms with van der Waals surface area (Å²) in [5.41, 5.74) is 0. The molecule has 6 heteroatoms. The fourth-order valence-electron chi connectivity index (χ4n) is 1.12. The summed E-state index contributed by atoms with van der Waals surface area (Å²) in [5.74, 6) is 1.06. The topological polar surface area (TPSA) is 66.9 Å². The first-order valence-electron chi connectivity index (χ1n) is 4.65. The predicted molar refractivity (Wildman–Crippen MR) is 63.7 cm³/mol. The maximum atomic E-state index is 11.5. The third kappa shape index (κ3) is 2.77. The van der Waals surface area contributed by atoms with E-state index in [0.717, 1.165) is 5.01 Å². The van der Waals surface area contributed by atoms with Crippen molar-refractivity contribution in [1.29, 1.82) is 0 Å². The highest BCUT2D eigenvalue weighted by Gasteiger charge is 2.04. The Morgan fingerprint density at radius 1 is 1.31 bits per heavy atom. The molecule has 0 atom stereocenters. The highest BCUT2D eigenvalue weighted by atomic mass is 32.1. The molecule has 2 N–H and O–H groups in total. The van der Waals surface area contributed by atoms with Gasteiger partial charge in [0.2, 0.25) is 0 Å². The Balaban J connectivity index is 1.95. The molecule has 2 aromatic rings. The Kier molecular flexibility index (Phi) is 3.11. The molecule has 0 saturated heterocycles. The van der Waals surface area contributed by atoms with Gasteiger partial charge in [-0.2, -0.15) is 0 Å². The van der Waals surface area contributed by atoms with Gasteiger partial charge in [-0.05, 0) is 19.1 Å². The van der Waals surface area contributed by atoms with Crippen molar-refractivity contribution < 1.29 is 4.79 Å². The van der Waals surface area contributed by atoms with Crippen LogP contribution in [0.3, 0.4) is 0 Å². The van der Waals surface area contributed by atoms with E-state index in [4.69, 9.17) is 0 Å². The lowest BCUT2D eigenvalue weighted by Crippen LogP contribution is -2.20. The van der Waals surface area contributed by atoms with Gasteiger partial charge < -0.3 is 0 Å². The van der Waals surface area contributed by atoms with Crippen LogP contribution >= 0.6 is 11.3 Å². The summed E-state index contributed by atoms with van der Waals surface area (Å²) in [5, 5.41) is 7.92. The van der Waals surface area contributed by atoms with Gasteiger partial charge in [0.15, 0.2) is 0 Å². The van der Waals surface area contributed by atoms with Gasteiger partial charge in [-0.1, -0.05) is 6.07 Å². The molecule has 0 aromatic carbocycles. The van der Waals surface area contributed by atoms with Gasteiger partial charge in [-0.3, -0.25) is 10.6 Å². The van der Waals surface area contributed by atoms with Gasteiger partial charge in [-0.25, -0.2) is 14.8 Å². The van der Waals surface area contributed by atoms with Crippen LogP contribution in [0, 0.1) is 6.92 Å². The molecule has 5 nitrogen and oxygen atoms in total. The molecule has 0 aliphatic carbocycles. The van der Waals surface area contributed by atoms with Crippen LogP contribution in [0.2, 0.25) is 0 Å². The first kappa shape index (κ1) is 10.6. The SMILES string of the molecule is Cc1nc(NC(=O)Nc2ccccn2)cs1. The number of amides is 2. The van der Waals surface area contributed by atoms with E-state index in [0.29, 0.717) is 11.6 Å². The Hall–Kier alpha value is -1.95. The summed E-state index contributed by atoms with van der Waals surface area (Å²) in [6, 6.07) is 4.96. The molecule has 2 heterocycles. The molecule has 16 heavy (non-hydrogen) atoms. The zero-order valence-corrected chi connectivity index (χ0v) is 9.41. The third-order valence-electron chi connectivity index (χ3n) is 1.77. The summed E-state index contributed by atoms with van der Waals surface area (Å²) >= 11 is 1.48. The average Bonchev–Trinajstić information content (AvgIpc) is 2.65. The molecule has 0 unspecified atom stereocenters. The van der Waals surface area contributed by atoms with Crippen LogP contribution in [0.25, 0.3) is 0 Å². The second-order valence-electron chi connectivity index (χ2n) is 3.05. The molecule has 2 rings (SSSR count). The van der Waals surface area contributed by atoms with Crippen LogP contribution in [-0.2, 0) is 0 Å². The molecule has 0 radical (unpaired) electrons. The van der Waals surface area contributed by atoms with Crippen LogP contribution in [-0.4, -0.2) is 16.0 Å². The standard InChI is InChI=1S/C10H10N4OS/c1-7-12-9(6-16-7)14-10(15)13-8-4-2-3-5-11-8/h2-6H,1H3,(H2,11,13,14,15). The number of aromatic nitrogens is 2. The summed E-state index contributed by atoms with van der Waals surface area (Å²) in [6.07, 6.45) is 1.61. The number of rotatable bonds is 2. The van der Waals surface area contributed by atoms with E-state index in [-0.39, 0.29) is 6.03 Å². The molecular formula is C10H10N4OS. The number of hydrogen-bond donors (Lipinski definition) is 2. The van der Waals surface area contributed by atoms with Crippen molar-refractivity contribution in [3.63, 3.8) is 0 Å². The zero-order chi connectivity index (χ0) is 11.4. The number of carbonyl (C=O) groups is 1. The van der Waals surface area contributed by atoms with Crippen molar-refractivity contribution in [3.8, 4) is 0 Å². The fraction of sp³-hybridized carbons (Fsp3) is 0.100. The Morgan fingerprint density at radius 3 is 2.75 bits per heavy atom. The van der Waals surface area contributed by atoms with Gasteiger partial charge >= 0.3 is 6.03 Å². The van der Waals surface area contributed by atoms with Crippen molar-refractivity contribution in [2.75, 3.05) is 10.6 Å². The predicted octanol–water partition coefficient (Wildman–Crippen LogP) is 2.49. The molecule has 0 fully saturated rings.